The molecule has 0 bridgehead atoms. The normalized spacial score (nSPS) is 10.0. The molecule has 3 N–H and O–H groups in total. The summed E-state index contributed by atoms with van der Waals surface area (Å²) >= 11 is 0. The topological polar surface area (TPSA) is 96.0 Å². The molecule has 0 aliphatic carbocycles. The van der Waals surface area contributed by atoms with E-state index in [0.717, 1.165) is 11.4 Å². The van der Waals surface area contributed by atoms with Crippen LogP contribution in [0, 0.1) is 0 Å². The summed E-state index contributed by atoms with van der Waals surface area (Å²) in [7, 11) is 0. The number of carbonyl (C=O) groups excluding carboxylic acids is 2. The van der Waals surface area contributed by atoms with Gasteiger partial charge in [0.1, 0.15) is 5.82 Å². The third-order valence-electron chi connectivity index (χ3n) is 3.40. The van der Waals surface area contributed by atoms with Crippen molar-refractivity contribution in [3.05, 3.63) is 72.7 Å². The van der Waals surface area contributed by atoms with Crippen LogP contribution in [0.2, 0.25) is 0 Å². The molecular formula is C19H17N5O2. The first-order valence-electron chi connectivity index (χ1n) is 7.92. The van der Waals surface area contributed by atoms with Crippen molar-refractivity contribution in [1.82, 2.24) is 9.97 Å². The Hall–Kier alpha value is -3.74. The number of nitrogens with one attached hydrogen (secondary N) is 3. The lowest BCUT2D eigenvalue weighted by molar-refractivity contribution is -0.114. The Labute approximate surface area is 150 Å². The molecule has 3 rings (SSSR count). The van der Waals surface area contributed by atoms with Crippen LogP contribution in [0.1, 0.15) is 17.3 Å². The Balaban J connectivity index is 1.64. The molecule has 7 nitrogen and oxygen atoms in total. The molecule has 0 saturated heterocycles. The quantitative estimate of drug-likeness (QED) is 0.657. The van der Waals surface area contributed by atoms with Crippen LogP contribution >= 0.6 is 0 Å². The van der Waals surface area contributed by atoms with Gasteiger partial charge >= 0.3 is 0 Å². The predicted molar refractivity (Wildman–Crippen MR) is 100 cm³/mol. The molecule has 1 aromatic carbocycles. The van der Waals surface area contributed by atoms with E-state index in [-0.39, 0.29) is 11.8 Å². The number of carbonyl (C=O) groups is 2. The number of pyridine rings is 2. The van der Waals surface area contributed by atoms with Crippen molar-refractivity contribution in [3.63, 3.8) is 0 Å². The Kier molecular flexibility index (Phi) is 5.19. The second-order valence-corrected chi connectivity index (χ2v) is 5.51. The van der Waals surface area contributed by atoms with Gasteiger partial charge in [-0.1, -0.05) is 6.07 Å². The summed E-state index contributed by atoms with van der Waals surface area (Å²) in [5, 5.41) is 8.64. The Bertz CT molecular complexity index is 911. The highest BCUT2D eigenvalue weighted by molar-refractivity contribution is 6.03. The Morgan fingerprint density at radius 2 is 1.73 bits per heavy atom. The molecule has 2 heterocycles. The second-order valence-electron chi connectivity index (χ2n) is 5.51. The summed E-state index contributed by atoms with van der Waals surface area (Å²) in [5.74, 6) is 0.0447. The van der Waals surface area contributed by atoms with Gasteiger partial charge in [0.05, 0.1) is 17.4 Å². The summed E-state index contributed by atoms with van der Waals surface area (Å²) in [4.78, 5) is 31.3. The number of nitrogens with zero attached hydrogens (tertiary/aromatic N) is 2. The molecule has 0 fully saturated rings. The highest BCUT2D eigenvalue weighted by atomic mass is 16.2. The minimum absolute atomic E-state index is 0.127. The van der Waals surface area contributed by atoms with Crippen LogP contribution in [0.4, 0.5) is 22.9 Å². The first-order chi connectivity index (χ1) is 12.6. The monoisotopic (exact) mass is 347 g/mol. The van der Waals surface area contributed by atoms with Crippen molar-refractivity contribution in [2.75, 3.05) is 16.0 Å². The van der Waals surface area contributed by atoms with Gasteiger partial charge in [-0.25, -0.2) is 4.98 Å². The molecule has 130 valence electrons. The van der Waals surface area contributed by atoms with Crippen LogP contribution in [0.25, 0.3) is 0 Å². The van der Waals surface area contributed by atoms with E-state index in [1.807, 2.05) is 24.3 Å². The lowest BCUT2D eigenvalue weighted by atomic mass is 10.2. The Morgan fingerprint density at radius 3 is 2.42 bits per heavy atom. The van der Waals surface area contributed by atoms with Crippen LogP contribution in [0.5, 0.6) is 0 Å². The first kappa shape index (κ1) is 17.1. The van der Waals surface area contributed by atoms with Gasteiger partial charge in [-0.15, -0.1) is 0 Å². The van der Waals surface area contributed by atoms with Crippen LogP contribution < -0.4 is 16.0 Å². The lowest BCUT2D eigenvalue weighted by Crippen LogP contribution is -2.13. The standard InChI is InChI=1S/C19H17N5O2/c1-13(25)22-15-5-2-6-16(10-15)23-17-7-8-18(21-12-17)24-19(26)14-4-3-9-20-11-14/h2-12,23H,1H3,(H,22,25)(H,21,24,26). The van der Waals surface area contributed by atoms with E-state index in [1.54, 1.807) is 36.7 Å². The number of rotatable bonds is 5. The highest BCUT2D eigenvalue weighted by Crippen LogP contribution is 2.20. The number of hydrogen-bond donors (Lipinski definition) is 3. The first-order valence-corrected chi connectivity index (χ1v) is 7.92. The summed E-state index contributed by atoms with van der Waals surface area (Å²) < 4.78 is 0. The van der Waals surface area contributed by atoms with Crippen LogP contribution in [0.15, 0.2) is 67.1 Å². The fourth-order valence-corrected chi connectivity index (χ4v) is 2.27. The molecule has 0 aliphatic heterocycles. The van der Waals surface area contributed by atoms with Crippen molar-refractivity contribution in [2.45, 2.75) is 6.92 Å². The summed E-state index contributed by atoms with van der Waals surface area (Å²) in [6, 6.07) is 14.2. The third kappa shape index (κ3) is 4.64. The van der Waals surface area contributed by atoms with E-state index in [4.69, 9.17) is 0 Å². The van der Waals surface area contributed by atoms with Gasteiger partial charge < -0.3 is 16.0 Å². The van der Waals surface area contributed by atoms with Crippen molar-refractivity contribution >= 4 is 34.7 Å². The molecule has 0 atom stereocenters. The zero-order valence-electron chi connectivity index (χ0n) is 14.1. The van der Waals surface area contributed by atoms with Crippen LogP contribution in [0.3, 0.4) is 0 Å². The summed E-state index contributed by atoms with van der Waals surface area (Å²) in [6.07, 6.45) is 4.72. The lowest BCUT2D eigenvalue weighted by Gasteiger charge is -2.09. The molecule has 3 aromatic rings. The second kappa shape index (κ2) is 7.89. The van der Waals surface area contributed by atoms with Gasteiger partial charge in [-0.05, 0) is 42.5 Å². The van der Waals surface area contributed by atoms with Gasteiger partial charge in [0.15, 0.2) is 0 Å². The minimum atomic E-state index is -0.269. The van der Waals surface area contributed by atoms with Gasteiger partial charge in [0, 0.05) is 30.7 Å². The maximum absolute atomic E-state index is 12.1. The fraction of sp³-hybridized carbons (Fsp3) is 0.0526. The Morgan fingerprint density at radius 1 is 0.885 bits per heavy atom. The molecule has 0 saturated carbocycles. The maximum atomic E-state index is 12.1. The van der Waals surface area contributed by atoms with E-state index in [1.165, 1.54) is 13.1 Å². The van der Waals surface area contributed by atoms with Crippen molar-refractivity contribution in [2.24, 2.45) is 0 Å². The summed E-state index contributed by atoms with van der Waals surface area (Å²) in [5.41, 5.74) is 2.73. The average molecular weight is 347 g/mol. The van der Waals surface area contributed by atoms with Gasteiger partial charge in [-0.2, -0.15) is 0 Å². The molecule has 0 unspecified atom stereocenters. The predicted octanol–water partition coefficient (Wildman–Crippen LogP) is 3.43. The molecule has 2 aromatic heterocycles. The van der Waals surface area contributed by atoms with E-state index < -0.39 is 0 Å². The van der Waals surface area contributed by atoms with E-state index in [2.05, 4.69) is 25.9 Å². The number of aromatic nitrogens is 2. The summed E-state index contributed by atoms with van der Waals surface area (Å²) in [6.45, 7) is 1.46. The number of anilines is 4. The zero-order chi connectivity index (χ0) is 18.4. The van der Waals surface area contributed by atoms with Gasteiger partial charge in [0.2, 0.25) is 5.91 Å². The average Bonchev–Trinajstić information content (AvgIpc) is 2.64. The minimum Gasteiger partial charge on any atom is -0.354 e. The highest BCUT2D eigenvalue weighted by Gasteiger charge is 2.06. The molecular weight excluding hydrogens is 330 g/mol. The fourth-order valence-electron chi connectivity index (χ4n) is 2.27. The largest absolute Gasteiger partial charge is 0.354 e. The molecule has 2 amide bonds. The SMILES string of the molecule is CC(=O)Nc1cccc(Nc2ccc(NC(=O)c3cccnc3)nc2)c1. The van der Waals surface area contributed by atoms with E-state index in [0.29, 0.717) is 17.1 Å². The maximum Gasteiger partial charge on any atom is 0.258 e. The van der Waals surface area contributed by atoms with Gasteiger partial charge in [-0.3, -0.25) is 14.6 Å². The third-order valence-corrected chi connectivity index (χ3v) is 3.40. The molecule has 26 heavy (non-hydrogen) atoms. The van der Waals surface area contributed by atoms with Crippen LogP contribution in [-0.4, -0.2) is 21.8 Å². The van der Waals surface area contributed by atoms with E-state index in [9.17, 15) is 9.59 Å². The number of amides is 2. The molecule has 0 spiro atoms. The van der Waals surface area contributed by atoms with Crippen molar-refractivity contribution in [3.8, 4) is 0 Å². The number of hydrogen-bond acceptors (Lipinski definition) is 5. The molecule has 0 radical (unpaired) electrons. The van der Waals surface area contributed by atoms with E-state index >= 15 is 0 Å². The zero-order valence-corrected chi connectivity index (χ0v) is 14.1. The number of benzene rings is 1. The molecule has 7 heteroatoms. The van der Waals surface area contributed by atoms with Crippen LogP contribution in [-0.2, 0) is 4.79 Å². The van der Waals surface area contributed by atoms with Crippen molar-refractivity contribution in [1.29, 1.82) is 0 Å². The van der Waals surface area contributed by atoms with Gasteiger partial charge in [0.25, 0.3) is 5.91 Å². The molecule has 0 aliphatic rings. The smallest absolute Gasteiger partial charge is 0.258 e. The van der Waals surface area contributed by atoms with Crippen molar-refractivity contribution < 1.29 is 9.59 Å².